The number of amides is 1. The summed E-state index contributed by atoms with van der Waals surface area (Å²) in [5.41, 5.74) is 3.12. The third kappa shape index (κ3) is 5.50. The number of benzene rings is 3. The molecule has 7 nitrogen and oxygen atoms in total. The molecule has 2 atom stereocenters. The van der Waals surface area contributed by atoms with E-state index in [9.17, 15) is 13.2 Å². The first-order chi connectivity index (χ1) is 18.0. The van der Waals surface area contributed by atoms with Gasteiger partial charge in [0.1, 0.15) is 11.5 Å². The highest BCUT2D eigenvalue weighted by molar-refractivity contribution is 7.92. The van der Waals surface area contributed by atoms with Crippen LogP contribution in [0.5, 0.6) is 11.5 Å². The van der Waals surface area contributed by atoms with E-state index in [-0.39, 0.29) is 28.8 Å². The van der Waals surface area contributed by atoms with Crippen LogP contribution in [0.2, 0.25) is 0 Å². The number of nitrogens with zero attached hydrogens (tertiary/aromatic N) is 1. The highest BCUT2D eigenvalue weighted by Crippen LogP contribution is 2.40. The molecule has 0 fully saturated rings. The van der Waals surface area contributed by atoms with Gasteiger partial charge in [-0.1, -0.05) is 64.1 Å². The summed E-state index contributed by atoms with van der Waals surface area (Å²) < 4.78 is 40.4. The lowest BCUT2D eigenvalue weighted by Crippen LogP contribution is -2.51. The Kier molecular flexibility index (Phi) is 7.74. The number of hydrogen-bond donors (Lipinski definition) is 1. The summed E-state index contributed by atoms with van der Waals surface area (Å²) in [6, 6.07) is 19.3. The van der Waals surface area contributed by atoms with Crippen LogP contribution in [0.1, 0.15) is 56.8 Å². The quantitative estimate of drug-likeness (QED) is 0.430. The Balaban J connectivity index is 1.68. The number of rotatable bonds is 7. The number of anilines is 1. The number of ether oxygens (including phenoxy) is 2. The van der Waals surface area contributed by atoms with E-state index in [1.165, 1.54) is 4.31 Å². The SMILES string of the molecule is CC[C@@H](NC(=O)[C@H]1CN(S(=O)(=O)c2ccccc2)c2cc(C(C)(C)C)ccc2O1)c1ccc(OC)c(C)c1. The van der Waals surface area contributed by atoms with Gasteiger partial charge in [-0.05, 0) is 65.8 Å². The molecule has 0 saturated carbocycles. The van der Waals surface area contributed by atoms with E-state index < -0.39 is 16.1 Å². The van der Waals surface area contributed by atoms with Crippen LogP contribution in [0, 0.1) is 6.92 Å². The number of hydrogen-bond acceptors (Lipinski definition) is 5. The molecule has 1 aliphatic rings. The molecular weight excluding hydrogens is 500 g/mol. The van der Waals surface area contributed by atoms with Crippen molar-refractivity contribution in [3.05, 3.63) is 83.4 Å². The van der Waals surface area contributed by atoms with Crippen LogP contribution in [0.3, 0.4) is 0 Å². The van der Waals surface area contributed by atoms with Crippen LogP contribution >= 0.6 is 0 Å². The van der Waals surface area contributed by atoms with Gasteiger partial charge < -0.3 is 14.8 Å². The molecule has 0 unspecified atom stereocenters. The molecule has 0 spiro atoms. The van der Waals surface area contributed by atoms with Gasteiger partial charge in [-0.15, -0.1) is 0 Å². The Bertz CT molecular complexity index is 1410. The smallest absolute Gasteiger partial charge is 0.264 e. The molecule has 1 heterocycles. The fraction of sp³-hybridized carbons (Fsp3) is 0.367. The molecule has 3 aromatic carbocycles. The normalized spacial score (nSPS) is 16.3. The van der Waals surface area contributed by atoms with E-state index in [1.54, 1.807) is 43.5 Å². The molecule has 202 valence electrons. The van der Waals surface area contributed by atoms with E-state index in [2.05, 4.69) is 26.1 Å². The van der Waals surface area contributed by atoms with Crippen molar-refractivity contribution >= 4 is 21.6 Å². The zero-order valence-corrected chi connectivity index (χ0v) is 23.6. The first-order valence-corrected chi connectivity index (χ1v) is 14.2. The van der Waals surface area contributed by atoms with Crippen molar-refractivity contribution in [3.8, 4) is 11.5 Å². The Morgan fingerprint density at radius 3 is 2.42 bits per heavy atom. The number of carbonyl (C=O) groups is 1. The van der Waals surface area contributed by atoms with Gasteiger partial charge in [0.05, 0.1) is 30.3 Å². The predicted octanol–water partition coefficient (Wildman–Crippen LogP) is 5.52. The van der Waals surface area contributed by atoms with Crippen LogP contribution in [-0.2, 0) is 20.2 Å². The molecule has 0 aromatic heterocycles. The summed E-state index contributed by atoms with van der Waals surface area (Å²) in [6.07, 6.45) is -0.364. The van der Waals surface area contributed by atoms with Crippen molar-refractivity contribution < 1.29 is 22.7 Å². The minimum atomic E-state index is -3.94. The zero-order chi connectivity index (χ0) is 27.7. The lowest BCUT2D eigenvalue weighted by atomic mass is 9.86. The van der Waals surface area contributed by atoms with Crippen LogP contribution in [0.15, 0.2) is 71.6 Å². The summed E-state index contributed by atoms with van der Waals surface area (Å²) in [6.45, 7) is 10.0. The summed E-state index contributed by atoms with van der Waals surface area (Å²) >= 11 is 0. The van der Waals surface area contributed by atoms with E-state index in [4.69, 9.17) is 9.47 Å². The van der Waals surface area contributed by atoms with Crippen molar-refractivity contribution in [2.45, 2.75) is 63.5 Å². The maximum Gasteiger partial charge on any atom is 0.264 e. The largest absolute Gasteiger partial charge is 0.496 e. The van der Waals surface area contributed by atoms with Gasteiger partial charge >= 0.3 is 0 Å². The van der Waals surface area contributed by atoms with E-state index in [1.807, 2.05) is 44.2 Å². The average molecular weight is 537 g/mol. The van der Waals surface area contributed by atoms with Gasteiger partial charge in [0, 0.05) is 0 Å². The molecule has 1 amide bonds. The summed E-state index contributed by atoms with van der Waals surface area (Å²) in [4.78, 5) is 13.7. The van der Waals surface area contributed by atoms with Gasteiger partial charge in [0.15, 0.2) is 6.10 Å². The van der Waals surface area contributed by atoms with E-state index in [0.717, 1.165) is 22.4 Å². The number of nitrogens with one attached hydrogen (secondary N) is 1. The van der Waals surface area contributed by atoms with Gasteiger partial charge in [0.25, 0.3) is 15.9 Å². The van der Waals surface area contributed by atoms with E-state index >= 15 is 0 Å². The van der Waals surface area contributed by atoms with Gasteiger partial charge in [-0.3, -0.25) is 9.10 Å². The Labute approximate surface area is 225 Å². The summed E-state index contributed by atoms with van der Waals surface area (Å²) in [5, 5.41) is 3.07. The molecule has 38 heavy (non-hydrogen) atoms. The monoisotopic (exact) mass is 536 g/mol. The first-order valence-electron chi connectivity index (χ1n) is 12.8. The lowest BCUT2D eigenvalue weighted by molar-refractivity contribution is -0.128. The Morgan fingerprint density at radius 2 is 1.82 bits per heavy atom. The number of aryl methyl sites for hydroxylation is 1. The van der Waals surface area contributed by atoms with Crippen molar-refractivity contribution in [2.24, 2.45) is 0 Å². The third-order valence-corrected chi connectivity index (χ3v) is 8.66. The van der Waals surface area contributed by atoms with Gasteiger partial charge in [-0.2, -0.15) is 0 Å². The summed E-state index contributed by atoms with van der Waals surface area (Å²) in [5.74, 6) is 0.764. The highest BCUT2D eigenvalue weighted by atomic mass is 32.2. The minimum Gasteiger partial charge on any atom is -0.496 e. The lowest BCUT2D eigenvalue weighted by Gasteiger charge is -2.36. The molecule has 1 aliphatic heterocycles. The average Bonchev–Trinajstić information content (AvgIpc) is 2.90. The third-order valence-electron chi connectivity index (χ3n) is 6.86. The predicted molar refractivity (Wildman–Crippen MR) is 149 cm³/mol. The highest BCUT2D eigenvalue weighted by Gasteiger charge is 2.38. The van der Waals surface area contributed by atoms with Crippen molar-refractivity contribution in [1.82, 2.24) is 5.32 Å². The maximum absolute atomic E-state index is 13.8. The number of carbonyl (C=O) groups excluding carboxylic acids is 1. The number of sulfonamides is 1. The second-order valence-corrected chi connectivity index (χ2v) is 12.4. The molecule has 0 saturated heterocycles. The van der Waals surface area contributed by atoms with Crippen molar-refractivity contribution in [1.29, 1.82) is 0 Å². The molecule has 4 rings (SSSR count). The summed E-state index contributed by atoms with van der Waals surface area (Å²) in [7, 11) is -2.32. The molecule has 0 radical (unpaired) electrons. The van der Waals surface area contributed by atoms with Crippen LogP contribution in [-0.4, -0.2) is 34.1 Å². The Hall–Kier alpha value is -3.52. The second kappa shape index (κ2) is 10.7. The second-order valence-electron chi connectivity index (χ2n) is 10.6. The molecule has 3 aromatic rings. The van der Waals surface area contributed by atoms with Crippen molar-refractivity contribution in [3.63, 3.8) is 0 Å². The molecule has 0 aliphatic carbocycles. The topological polar surface area (TPSA) is 84.9 Å². The molecular formula is C30H36N2O5S. The fourth-order valence-electron chi connectivity index (χ4n) is 4.61. The molecule has 1 N–H and O–H groups in total. The van der Waals surface area contributed by atoms with Crippen LogP contribution in [0.4, 0.5) is 5.69 Å². The van der Waals surface area contributed by atoms with Crippen molar-refractivity contribution in [2.75, 3.05) is 18.0 Å². The standard InChI is InChI=1S/C30H36N2O5S/c1-7-24(21-13-15-26(36-6)20(2)17-21)31-29(33)28-19-32(38(34,35)23-11-9-8-10-12-23)25-18-22(30(3,4)5)14-16-27(25)37-28/h8-18,24,28H,7,19H2,1-6H3,(H,31,33)/t24-,28-/m1/s1. The fourth-order valence-corrected chi connectivity index (χ4v) is 6.09. The van der Waals surface area contributed by atoms with Crippen LogP contribution in [0.25, 0.3) is 0 Å². The van der Waals surface area contributed by atoms with Gasteiger partial charge in [-0.25, -0.2) is 8.42 Å². The van der Waals surface area contributed by atoms with Crippen LogP contribution < -0.4 is 19.1 Å². The number of fused-ring (bicyclic) bond motifs is 1. The molecule has 8 heteroatoms. The van der Waals surface area contributed by atoms with E-state index in [0.29, 0.717) is 17.9 Å². The maximum atomic E-state index is 13.8. The minimum absolute atomic E-state index is 0.137. The zero-order valence-electron chi connectivity index (χ0n) is 22.8. The van der Waals surface area contributed by atoms with Gasteiger partial charge in [0.2, 0.25) is 0 Å². The number of methoxy groups -OCH3 is 1. The first kappa shape index (κ1) is 27.5. The Morgan fingerprint density at radius 1 is 1.11 bits per heavy atom. The molecule has 0 bridgehead atoms.